The molecule has 11 heteroatoms. The van der Waals surface area contributed by atoms with Crippen molar-refractivity contribution in [1.82, 2.24) is 24.6 Å². The number of thioether (sulfide) groups is 1. The first-order chi connectivity index (χ1) is 17.2. The number of likely N-dealkylation sites (tertiary alicyclic amines) is 1. The normalized spacial score (nSPS) is 21.8. The SMILES string of the molecule is Cn1c(SCCCN2CCC3(CC3c3ccc(C(F)(F)F)cc3)C2)nnc1-c1ccc(C(N)=O)nc1. The first kappa shape index (κ1) is 24.8. The molecule has 0 bridgehead atoms. The van der Waals surface area contributed by atoms with Crippen LogP contribution in [0.2, 0.25) is 0 Å². The fraction of sp³-hybridized carbons (Fsp3) is 0.440. The second-order valence-electron chi connectivity index (χ2n) is 9.63. The van der Waals surface area contributed by atoms with Crippen molar-refractivity contribution in [3.05, 3.63) is 59.4 Å². The van der Waals surface area contributed by atoms with Gasteiger partial charge in [-0.1, -0.05) is 23.9 Å². The fourth-order valence-corrected chi connectivity index (χ4v) is 6.00. The smallest absolute Gasteiger partial charge is 0.364 e. The van der Waals surface area contributed by atoms with Gasteiger partial charge in [0.25, 0.3) is 5.91 Å². The van der Waals surface area contributed by atoms with Gasteiger partial charge in [-0.25, -0.2) is 0 Å². The monoisotopic (exact) mass is 516 g/mol. The summed E-state index contributed by atoms with van der Waals surface area (Å²) in [7, 11) is 1.90. The predicted molar refractivity (Wildman–Crippen MR) is 130 cm³/mol. The van der Waals surface area contributed by atoms with Crippen LogP contribution >= 0.6 is 11.8 Å². The number of nitrogens with two attached hydrogens (primary N) is 1. The second kappa shape index (κ2) is 9.51. The molecule has 1 amide bonds. The molecule has 1 spiro atoms. The molecule has 1 aliphatic heterocycles. The number of aromatic nitrogens is 4. The Morgan fingerprint density at radius 1 is 1.19 bits per heavy atom. The second-order valence-corrected chi connectivity index (χ2v) is 10.7. The molecular formula is C25H27F3N6OS. The van der Waals surface area contributed by atoms with E-state index in [0.29, 0.717) is 11.7 Å². The molecule has 7 nitrogen and oxygen atoms in total. The predicted octanol–water partition coefficient (Wildman–Crippen LogP) is 4.36. The molecule has 2 atom stereocenters. The molecular weight excluding hydrogens is 489 g/mol. The van der Waals surface area contributed by atoms with E-state index in [2.05, 4.69) is 20.1 Å². The largest absolute Gasteiger partial charge is 0.416 e. The molecule has 2 aromatic heterocycles. The molecule has 1 saturated carbocycles. The quantitative estimate of drug-likeness (QED) is 0.354. The van der Waals surface area contributed by atoms with Crippen molar-refractivity contribution < 1.29 is 18.0 Å². The highest BCUT2D eigenvalue weighted by Crippen LogP contribution is 2.64. The van der Waals surface area contributed by atoms with Gasteiger partial charge in [0.2, 0.25) is 0 Å². The number of pyridine rings is 1. The molecule has 1 saturated heterocycles. The number of rotatable bonds is 8. The minimum absolute atomic E-state index is 0.205. The van der Waals surface area contributed by atoms with Crippen LogP contribution in [0.1, 0.15) is 46.8 Å². The maximum absolute atomic E-state index is 12.8. The number of carbonyl (C=O) groups is 1. The van der Waals surface area contributed by atoms with Crippen molar-refractivity contribution in [1.29, 1.82) is 0 Å². The van der Waals surface area contributed by atoms with Gasteiger partial charge in [0.15, 0.2) is 11.0 Å². The first-order valence-corrected chi connectivity index (χ1v) is 12.8. The zero-order chi connectivity index (χ0) is 25.5. The van der Waals surface area contributed by atoms with Gasteiger partial charge in [0.1, 0.15) is 5.69 Å². The Morgan fingerprint density at radius 3 is 2.64 bits per heavy atom. The van der Waals surface area contributed by atoms with E-state index in [0.717, 1.165) is 60.9 Å². The Labute approximate surface area is 211 Å². The zero-order valence-electron chi connectivity index (χ0n) is 19.8. The van der Waals surface area contributed by atoms with Crippen LogP contribution in [0, 0.1) is 5.41 Å². The lowest BCUT2D eigenvalue weighted by molar-refractivity contribution is -0.137. The van der Waals surface area contributed by atoms with E-state index in [4.69, 9.17) is 5.73 Å². The number of amides is 1. The Kier molecular flexibility index (Phi) is 6.54. The van der Waals surface area contributed by atoms with Crippen LogP contribution in [0.5, 0.6) is 0 Å². The first-order valence-electron chi connectivity index (χ1n) is 11.8. The number of alkyl halides is 3. The Morgan fingerprint density at radius 2 is 1.97 bits per heavy atom. The molecule has 190 valence electrons. The van der Waals surface area contributed by atoms with Gasteiger partial charge < -0.3 is 15.2 Å². The molecule has 5 rings (SSSR count). The Hall–Kier alpha value is -2.92. The van der Waals surface area contributed by atoms with Crippen LogP contribution in [-0.4, -0.2) is 55.9 Å². The Bertz CT molecular complexity index is 1240. The third-order valence-corrected chi connectivity index (χ3v) is 8.36. The minimum atomic E-state index is -4.29. The minimum Gasteiger partial charge on any atom is -0.364 e. The number of hydrogen-bond acceptors (Lipinski definition) is 6. The van der Waals surface area contributed by atoms with E-state index < -0.39 is 17.6 Å². The van der Waals surface area contributed by atoms with Crippen molar-refractivity contribution in [2.24, 2.45) is 18.2 Å². The summed E-state index contributed by atoms with van der Waals surface area (Å²) in [5.74, 6) is 1.36. The van der Waals surface area contributed by atoms with Gasteiger partial charge in [-0.3, -0.25) is 9.78 Å². The number of halogens is 3. The number of benzene rings is 1. The fourth-order valence-electron chi connectivity index (χ4n) is 5.17. The van der Waals surface area contributed by atoms with Gasteiger partial charge in [0.05, 0.1) is 5.56 Å². The highest BCUT2D eigenvalue weighted by Gasteiger charge is 2.57. The molecule has 3 heterocycles. The van der Waals surface area contributed by atoms with Crippen LogP contribution in [0.4, 0.5) is 13.2 Å². The van der Waals surface area contributed by atoms with E-state index in [1.165, 1.54) is 12.1 Å². The van der Waals surface area contributed by atoms with Crippen molar-refractivity contribution in [2.75, 3.05) is 25.4 Å². The van der Waals surface area contributed by atoms with Crippen molar-refractivity contribution in [3.63, 3.8) is 0 Å². The molecule has 1 aliphatic carbocycles. The number of primary amides is 1. The average molecular weight is 517 g/mol. The van der Waals surface area contributed by atoms with Crippen LogP contribution in [0.25, 0.3) is 11.4 Å². The highest BCUT2D eigenvalue weighted by molar-refractivity contribution is 7.99. The maximum Gasteiger partial charge on any atom is 0.416 e. The molecule has 1 aromatic carbocycles. The van der Waals surface area contributed by atoms with Gasteiger partial charge >= 0.3 is 6.18 Å². The number of carbonyl (C=O) groups excluding carboxylic acids is 1. The van der Waals surface area contributed by atoms with Crippen molar-refractivity contribution >= 4 is 17.7 Å². The zero-order valence-corrected chi connectivity index (χ0v) is 20.6. The van der Waals surface area contributed by atoms with Crippen LogP contribution in [0.3, 0.4) is 0 Å². The summed E-state index contributed by atoms with van der Waals surface area (Å²) in [4.78, 5) is 17.7. The molecule has 0 radical (unpaired) electrons. The van der Waals surface area contributed by atoms with E-state index in [1.807, 2.05) is 11.6 Å². The molecule has 3 aromatic rings. The topological polar surface area (TPSA) is 89.9 Å². The van der Waals surface area contributed by atoms with Gasteiger partial charge in [0, 0.05) is 31.1 Å². The maximum atomic E-state index is 12.8. The highest BCUT2D eigenvalue weighted by atomic mass is 32.2. The summed E-state index contributed by atoms with van der Waals surface area (Å²) in [5, 5.41) is 9.36. The molecule has 2 N–H and O–H groups in total. The Balaban J connectivity index is 1.09. The molecule has 2 aliphatic rings. The summed E-state index contributed by atoms with van der Waals surface area (Å²) >= 11 is 1.65. The summed E-state index contributed by atoms with van der Waals surface area (Å²) in [6, 6.07) is 9.04. The van der Waals surface area contributed by atoms with E-state index >= 15 is 0 Å². The van der Waals surface area contributed by atoms with Gasteiger partial charge in [-0.2, -0.15) is 13.2 Å². The van der Waals surface area contributed by atoms with Gasteiger partial charge in [-0.15, -0.1) is 10.2 Å². The molecule has 36 heavy (non-hydrogen) atoms. The average Bonchev–Trinajstić information content (AvgIpc) is 3.20. The van der Waals surface area contributed by atoms with Gasteiger partial charge in [-0.05, 0) is 73.5 Å². The van der Waals surface area contributed by atoms with E-state index in [-0.39, 0.29) is 11.1 Å². The lowest BCUT2D eigenvalue weighted by Crippen LogP contribution is -2.23. The molecule has 2 fully saturated rings. The van der Waals surface area contributed by atoms with Crippen molar-refractivity contribution in [3.8, 4) is 11.4 Å². The standard InChI is InChI=1S/C25H27F3N6OS/c1-33-22(17-5-8-20(21(29)35)30-14-17)31-32-23(33)36-12-2-10-34-11-9-24(15-34)13-19(24)16-3-6-18(7-4-16)25(26,27)28/h3-8,14,19H,2,9-13,15H2,1H3,(H2,29,35). The van der Waals surface area contributed by atoms with E-state index in [9.17, 15) is 18.0 Å². The summed E-state index contributed by atoms with van der Waals surface area (Å²) < 4.78 is 40.4. The van der Waals surface area contributed by atoms with Crippen LogP contribution in [0.15, 0.2) is 47.8 Å². The van der Waals surface area contributed by atoms with E-state index in [1.54, 1.807) is 42.2 Å². The number of hydrogen-bond donors (Lipinski definition) is 1. The lowest BCUT2D eigenvalue weighted by atomic mass is 9.97. The third-order valence-electron chi connectivity index (χ3n) is 7.25. The van der Waals surface area contributed by atoms with Crippen LogP contribution in [-0.2, 0) is 13.2 Å². The lowest BCUT2D eigenvalue weighted by Gasteiger charge is -2.16. The third kappa shape index (κ3) is 4.99. The molecule has 2 unspecified atom stereocenters. The van der Waals surface area contributed by atoms with Crippen molar-refractivity contribution in [2.45, 2.75) is 36.5 Å². The summed E-state index contributed by atoms with van der Waals surface area (Å²) in [5.41, 5.74) is 6.88. The summed E-state index contributed by atoms with van der Waals surface area (Å²) in [6.07, 6.45) is 0.436. The number of nitrogens with zero attached hydrogens (tertiary/aromatic N) is 5. The summed E-state index contributed by atoms with van der Waals surface area (Å²) in [6.45, 7) is 3.02. The van der Waals surface area contributed by atoms with Crippen LogP contribution < -0.4 is 5.73 Å².